The van der Waals surface area contributed by atoms with E-state index in [1.54, 1.807) is 4.90 Å². The van der Waals surface area contributed by atoms with Gasteiger partial charge in [-0.05, 0) is 19.1 Å². The molecule has 1 amide bonds. The number of alkyl carbamates (subject to hydrolysis) is 1. The van der Waals surface area contributed by atoms with E-state index in [0.717, 1.165) is 13.1 Å². The summed E-state index contributed by atoms with van der Waals surface area (Å²) in [5.74, 6) is 0. The number of quaternary nitrogens is 2. The first-order valence-electron chi connectivity index (χ1n) is 8.85. The molecule has 134 valence electrons. The SMILES string of the molecule is CCOC(=O)NC[C@@H](c1ccc(N(C)C)cc1)[NH+]1CC[NH+](C)CC1. The van der Waals surface area contributed by atoms with Crippen molar-refractivity contribution in [1.82, 2.24) is 5.32 Å². The van der Waals surface area contributed by atoms with Crippen LogP contribution in [0.1, 0.15) is 18.5 Å². The van der Waals surface area contributed by atoms with Crippen molar-refractivity contribution in [3.05, 3.63) is 29.8 Å². The van der Waals surface area contributed by atoms with Gasteiger partial charge in [-0.3, -0.25) is 0 Å². The Morgan fingerprint density at radius 3 is 2.38 bits per heavy atom. The Labute approximate surface area is 145 Å². The predicted octanol–water partition coefficient (Wildman–Crippen LogP) is -1.05. The van der Waals surface area contributed by atoms with E-state index in [0.29, 0.717) is 13.2 Å². The van der Waals surface area contributed by atoms with E-state index in [2.05, 4.69) is 41.5 Å². The molecule has 6 heteroatoms. The van der Waals surface area contributed by atoms with E-state index >= 15 is 0 Å². The van der Waals surface area contributed by atoms with Gasteiger partial charge in [0.05, 0.1) is 20.2 Å². The van der Waals surface area contributed by atoms with Crippen molar-refractivity contribution in [2.75, 3.05) is 65.4 Å². The van der Waals surface area contributed by atoms with Gasteiger partial charge in [0.25, 0.3) is 0 Å². The van der Waals surface area contributed by atoms with Crippen LogP contribution in [0.25, 0.3) is 0 Å². The maximum atomic E-state index is 11.7. The molecule has 1 saturated heterocycles. The number of hydrogen-bond acceptors (Lipinski definition) is 3. The highest BCUT2D eigenvalue weighted by Gasteiger charge is 2.29. The molecule has 1 heterocycles. The van der Waals surface area contributed by atoms with Gasteiger partial charge in [0, 0.05) is 25.3 Å². The monoisotopic (exact) mass is 336 g/mol. The lowest BCUT2D eigenvalue weighted by atomic mass is 10.0. The van der Waals surface area contributed by atoms with E-state index in [1.807, 2.05) is 21.0 Å². The summed E-state index contributed by atoms with van der Waals surface area (Å²) in [6, 6.07) is 8.93. The zero-order chi connectivity index (χ0) is 17.5. The van der Waals surface area contributed by atoms with Crippen molar-refractivity contribution >= 4 is 11.8 Å². The molecule has 1 aromatic carbocycles. The number of nitrogens with zero attached hydrogens (tertiary/aromatic N) is 1. The summed E-state index contributed by atoms with van der Waals surface area (Å²) in [4.78, 5) is 16.9. The zero-order valence-corrected chi connectivity index (χ0v) is 15.4. The lowest BCUT2D eigenvalue weighted by molar-refractivity contribution is -1.02. The minimum Gasteiger partial charge on any atom is -0.450 e. The predicted molar refractivity (Wildman–Crippen MR) is 95.9 cm³/mol. The number of likely N-dealkylation sites (N-methyl/N-ethyl adjacent to an activating group) is 1. The molecule has 1 aliphatic heterocycles. The van der Waals surface area contributed by atoms with Crippen LogP contribution in [0.5, 0.6) is 0 Å². The van der Waals surface area contributed by atoms with Crippen LogP contribution < -0.4 is 20.0 Å². The molecule has 0 spiro atoms. The fourth-order valence-corrected chi connectivity index (χ4v) is 3.22. The Balaban J connectivity index is 2.10. The summed E-state index contributed by atoms with van der Waals surface area (Å²) in [7, 11) is 6.33. The molecule has 24 heavy (non-hydrogen) atoms. The van der Waals surface area contributed by atoms with Crippen LogP contribution in [-0.2, 0) is 4.74 Å². The highest BCUT2D eigenvalue weighted by molar-refractivity contribution is 5.67. The van der Waals surface area contributed by atoms with Crippen molar-refractivity contribution in [3.8, 4) is 0 Å². The summed E-state index contributed by atoms with van der Waals surface area (Å²) >= 11 is 0. The summed E-state index contributed by atoms with van der Waals surface area (Å²) in [6.07, 6.45) is -0.327. The topological polar surface area (TPSA) is 50.4 Å². The number of carbonyl (C=O) groups excluding carboxylic acids is 1. The zero-order valence-electron chi connectivity index (χ0n) is 15.4. The maximum Gasteiger partial charge on any atom is 0.407 e. The van der Waals surface area contributed by atoms with E-state index in [-0.39, 0.29) is 12.1 Å². The molecule has 3 N–H and O–H groups in total. The Bertz CT molecular complexity index is 510. The average molecular weight is 336 g/mol. The highest BCUT2D eigenvalue weighted by atomic mass is 16.5. The average Bonchev–Trinajstić information content (AvgIpc) is 2.57. The van der Waals surface area contributed by atoms with Gasteiger partial charge in [-0.2, -0.15) is 0 Å². The van der Waals surface area contributed by atoms with Crippen LogP contribution in [0.15, 0.2) is 24.3 Å². The third kappa shape index (κ3) is 5.11. The molecular weight excluding hydrogens is 304 g/mol. The number of piperazine rings is 1. The summed E-state index contributed by atoms with van der Waals surface area (Å²) < 4.78 is 5.01. The second kappa shape index (κ2) is 8.89. The molecule has 0 aromatic heterocycles. The maximum absolute atomic E-state index is 11.7. The van der Waals surface area contributed by atoms with Gasteiger partial charge in [-0.15, -0.1) is 0 Å². The first kappa shape index (κ1) is 18.5. The third-order valence-electron chi connectivity index (χ3n) is 4.78. The lowest BCUT2D eigenvalue weighted by Crippen LogP contribution is -3.27. The van der Waals surface area contributed by atoms with Gasteiger partial charge in [-0.1, -0.05) is 12.1 Å². The Morgan fingerprint density at radius 1 is 1.21 bits per heavy atom. The second-order valence-electron chi connectivity index (χ2n) is 6.76. The minimum atomic E-state index is -0.327. The fourth-order valence-electron chi connectivity index (χ4n) is 3.22. The third-order valence-corrected chi connectivity index (χ3v) is 4.78. The van der Waals surface area contributed by atoms with Crippen molar-refractivity contribution in [3.63, 3.8) is 0 Å². The van der Waals surface area contributed by atoms with Crippen LogP contribution in [0.3, 0.4) is 0 Å². The normalized spacial score (nSPS) is 21.8. The van der Waals surface area contributed by atoms with Crippen LogP contribution >= 0.6 is 0 Å². The van der Waals surface area contributed by atoms with Gasteiger partial charge in [0.2, 0.25) is 0 Å². The van der Waals surface area contributed by atoms with Gasteiger partial charge in [-0.25, -0.2) is 4.79 Å². The molecule has 0 unspecified atom stereocenters. The molecule has 1 aromatic rings. The van der Waals surface area contributed by atoms with Crippen LogP contribution in [0.2, 0.25) is 0 Å². The molecule has 2 rings (SSSR count). The number of benzene rings is 1. The molecule has 1 atom stereocenters. The van der Waals surface area contributed by atoms with E-state index in [9.17, 15) is 4.79 Å². The van der Waals surface area contributed by atoms with E-state index in [4.69, 9.17) is 4.74 Å². The first-order chi connectivity index (χ1) is 11.5. The number of anilines is 1. The van der Waals surface area contributed by atoms with Gasteiger partial charge in [0.1, 0.15) is 32.2 Å². The number of nitrogens with one attached hydrogen (secondary N) is 3. The molecule has 0 saturated carbocycles. The number of amides is 1. The van der Waals surface area contributed by atoms with Crippen LogP contribution in [0, 0.1) is 0 Å². The standard InChI is InChI=1S/C18H30N4O2/c1-5-24-18(23)19-14-17(22-12-10-21(4)11-13-22)15-6-8-16(9-7-15)20(2)3/h6-9,17H,5,10-14H2,1-4H3,(H,19,23)/p+2/t17-/m0/s1. The first-order valence-corrected chi connectivity index (χ1v) is 8.85. The van der Waals surface area contributed by atoms with Crippen molar-refractivity contribution in [2.45, 2.75) is 13.0 Å². The van der Waals surface area contributed by atoms with Crippen molar-refractivity contribution < 1.29 is 19.3 Å². The molecule has 0 aliphatic carbocycles. The van der Waals surface area contributed by atoms with Gasteiger partial charge in [0.15, 0.2) is 0 Å². The summed E-state index contributed by atoms with van der Waals surface area (Å²) in [5, 5.41) is 2.93. The lowest BCUT2D eigenvalue weighted by Gasteiger charge is -2.33. The molecular formula is C18H32N4O2+2. The molecule has 0 radical (unpaired) electrons. The Kier molecular flexibility index (Phi) is 6.87. The van der Waals surface area contributed by atoms with E-state index in [1.165, 1.54) is 29.2 Å². The van der Waals surface area contributed by atoms with Gasteiger partial charge < -0.3 is 24.8 Å². The van der Waals surface area contributed by atoms with Crippen LogP contribution in [0.4, 0.5) is 10.5 Å². The molecule has 6 nitrogen and oxygen atoms in total. The number of ether oxygens (including phenoxy) is 1. The second-order valence-corrected chi connectivity index (χ2v) is 6.76. The number of rotatable bonds is 6. The summed E-state index contributed by atoms with van der Waals surface area (Å²) in [6.45, 7) is 7.41. The van der Waals surface area contributed by atoms with E-state index < -0.39 is 0 Å². The Hall–Kier alpha value is -1.79. The van der Waals surface area contributed by atoms with Crippen molar-refractivity contribution in [2.24, 2.45) is 0 Å². The van der Waals surface area contributed by atoms with Crippen LogP contribution in [-0.4, -0.2) is 66.6 Å². The van der Waals surface area contributed by atoms with Crippen molar-refractivity contribution in [1.29, 1.82) is 0 Å². The minimum absolute atomic E-state index is 0.263. The fraction of sp³-hybridized carbons (Fsp3) is 0.611. The molecule has 0 bridgehead atoms. The molecule has 1 aliphatic rings. The van der Waals surface area contributed by atoms with Gasteiger partial charge >= 0.3 is 6.09 Å². The smallest absolute Gasteiger partial charge is 0.407 e. The highest BCUT2D eigenvalue weighted by Crippen LogP contribution is 2.16. The largest absolute Gasteiger partial charge is 0.450 e. The quantitative estimate of drug-likeness (QED) is 0.622. The Morgan fingerprint density at radius 2 is 1.83 bits per heavy atom. The summed E-state index contributed by atoms with van der Waals surface area (Å²) in [5.41, 5.74) is 2.46. The number of carbonyl (C=O) groups is 1. The number of hydrogen-bond donors (Lipinski definition) is 3. The molecule has 1 fully saturated rings.